The summed E-state index contributed by atoms with van der Waals surface area (Å²) in [7, 11) is 1.43. The molecule has 1 fully saturated rings. The minimum atomic E-state index is -0.165. The Morgan fingerprint density at radius 3 is 2.84 bits per heavy atom. The van der Waals surface area contributed by atoms with Crippen LogP contribution in [0.4, 0.5) is 0 Å². The second kappa shape index (κ2) is 7.06. The van der Waals surface area contributed by atoms with E-state index in [9.17, 15) is 4.79 Å². The number of hydrogen-bond acceptors (Lipinski definition) is 4. The van der Waals surface area contributed by atoms with Gasteiger partial charge in [-0.25, -0.2) is 0 Å². The van der Waals surface area contributed by atoms with Crippen molar-refractivity contribution < 1.29 is 9.53 Å². The van der Waals surface area contributed by atoms with Gasteiger partial charge in [0.15, 0.2) is 0 Å². The average molecular weight is 281 g/mol. The van der Waals surface area contributed by atoms with Gasteiger partial charge in [0.2, 0.25) is 0 Å². The highest BCUT2D eigenvalue weighted by molar-refractivity contribution is 7.12. The first-order chi connectivity index (χ1) is 9.21. The maximum atomic E-state index is 11.2. The number of ether oxygens (including phenoxy) is 1. The lowest BCUT2D eigenvalue weighted by atomic mass is 10.1. The molecule has 0 radical (unpaired) electrons. The zero-order chi connectivity index (χ0) is 13.7. The molecule has 1 saturated carbocycles. The Morgan fingerprint density at radius 2 is 2.21 bits per heavy atom. The van der Waals surface area contributed by atoms with Crippen molar-refractivity contribution in [3.63, 3.8) is 0 Å². The summed E-state index contributed by atoms with van der Waals surface area (Å²) < 4.78 is 4.68. The molecule has 1 aliphatic carbocycles. The fourth-order valence-corrected chi connectivity index (χ4v) is 3.18. The van der Waals surface area contributed by atoms with Crippen LogP contribution in [0.3, 0.4) is 0 Å². The van der Waals surface area contributed by atoms with E-state index in [1.54, 1.807) is 11.3 Å². The van der Waals surface area contributed by atoms with Crippen molar-refractivity contribution in [1.82, 2.24) is 5.32 Å². The molecule has 1 N–H and O–H groups in total. The molecule has 1 heterocycles. The fourth-order valence-electron chi connectivity index (χ4n) is 2.22. The summed E-state index contributed by atoms with van der Waals surface area (Å²) in [5.41, 5.74) is 0. The summed E-state index contributed by atoms with van der Waals surface area (Å²) in [5.74, 6) is 0.803. The lowest BCUT2D eigenvalue weighted by Gasteiger charge is -2.15. The third kappa shape index (κ3) is 4.96. The zero-order valence-corrected chi connectivity index (χ0v) is 12.6. The molecule has 106 valence electrons. The maximum Gasteiger partial charge on any atom is 0.310 e. The quantitative estimate of drug-likeness (QED) is 0.744. The molecule has 0 bridgehead atoms. The highest BCUT2D eigenvalue weighted by Crippen LogP contribution is 2.34. The van der Waals surface area contributed by atoms with Crippen LogP contribution in [0.15, 0.2) is 12.1 Å². The summed E-state index contributed by atoms with van der Waals surface area (Å²) in [5, 5.41) is 3.63. The van der Waals surface area contributed by atoms with Gasteiger partial charge in [-0.2, -0.15) is 0 Å². The van der Waals surface area contributed by atoms with Crippen molar-refractivity contribution in [3.8, 4) is 0 Å². The molecule has 0 amide bonds. The molecule has 1 aromatic rings. The Morgan fingerprint density at radius 1 is 1.47 bits per heavy atom. The molecule has 4 heteroatoms. The minimum Gasteiger partial charge on any atom is -0.469 e. The second-order valence-corrected chi connectivity index (χ2v) is 6.54. The van der Waals surface area contributed by atoms with E-state index in [0.717, 1.165) is 17.3 Å². The smallest absolute Gasteiger partial charge is 0.310 e. The van der Waals surface area contributed by atoms with Crippen molar-refractivity contribution in [1.29, 1.82) is 0 Å². The summed E-state index contributed by atoms with van der Waals surface area (Å²) in [4.78, 5) is 13.6. The van der Waals surface area contributed by atoms with Crippen LogP contribution in [0.5, 0.6) is 0 Å². The molecule has 1 atom stereocenters. The molecular formula is C15H23NO2S. The van der Waals surface area contributed by atoms with Gasteiger partial charge in [0.1, 0.15) is 0 Å². The van der Waals surface area contributed by atoms with E-state index in [-0.39, 0.29) is 5.97 Å². The monoisotopic (exact) mass is 281 g/mol. The van der Waals surface area contributed by atoms with Gasteiger partial charge in [-0.05, 0) is 30.9 Å². The number of methoxy groups -OCH3 is 1. The average Bonchev–Trinajstić information content (AvgIpc) is 3.13. The molecule has 1 aliphatic rings. The number of thiophene rings is 1. The van der Waals surface area contributed by atoms with Gasteiger partial charge in [0.25, 0.3) is 0 Å². The molecular weight excluding hydrogens is 258 g/mol. The van der Waals surface area contributed by atoms with Gasteiger partial charge in [0.05, 0.1) is 13.5 Å². The van der Waals surface area contributed by atoms with Crippen molar-refractivity contribution in [2.24, 2.45) is 5.92 Å². The Labute approximate surface area is 119 Å². The molecule has 0 saturated heterocycles. The van der Waals surface area contributed by atoms with Crippen LogP contribution in [0.1, 0.15) is 42.4 Å². The van der Waals surface area contributed by atoms with Gasteiger partial charge in [-0.1, -0.05) is 19.8 Å². The van der Waals surface area contributed by atoms with Gasteiger partial charge < -0.3 is 10.1 Å². The molecule has 1 unspecified atom stereocenters. The maximum absolute atomic E-state index is 11.2. The van der Waals surface area contributed by atoms with Crippen LogP contribution in [0, 0.1) is 5.92 Å². The summed E-state index contributed by atoms with van der Waals surface area (Å²) in [6, 6.07) is 4.78. The standard InChI is InChI=1S/C15H23NO2S/c1-3-12(8-11-4-5-11)16-10-14-7-6-13(19-14)9-15(17)18-2/h6-7,11-12,16H,3-5,8-10H2,1-2H3. The number of rotatable bonds is 8. The minimum absolute atomic E-state index is 0.165. The largest absolute Gasteiger partial charge is 0.469 e. The first kappa shape index (κ1) is 14.5. The van der Waals surface area contributed by atoms with Gasteiger partial charge in [-0.3, -0.25) is 4.79 Å². The van der Waals surface area contributed by atoms with Crippen LogP contribution in [0.25, 0.3) is 0 Å². The molecule has 0 spiro atoms. The normalized spacial score (nSPS) is 16.3. The zero-order valence-electron chi connectivity index (χ0n) is 11.8. The predicted octanol–water partition coefficient (Wildman–Crippen LogP) is 3.13. The van der Waals surface area contributed by atoms with Crippen molar-refractivity contribution in [2.75, 3.05) is 7.11 Å². The highest BCUT2D eigenvalue weighted by atomic mass is 32.1. The molecule has 19 heavy (non-hydrogen) atoms. The van der Waals surface area contributed by atoms with Crippen LogP contribution < -0.4 is 5.32 Å². The van der Waals surface area contributed by atoms with E-state index in [4.69, 9.17) is 0 Å². The molecule has 2 rings (SSSR count). The van der Waals surface area contributed by atoms with E-state index >= 15 is 0 Å². The molecule has 3 nitrogen and oxygen atoms in total. The number of hydrogen-bond donors (Lipinski definition) is 1. The lowest BCUT2D eigenvalue weighted by Crippen LogP contribution is -2.28. The topological polar surface area (TPSA) is 38.3 Å². The molecule has 0 aromatic carbocycles. The van der Waals surface area contributed by atoms with Crippen molar-refractivity contribution >= 4 is 17.3 Å². The van der Waals surface area contributed by atoms with Crippen LogP contribution in [-0.2, 0) is 22.5 Å². The summed E-state index contributed by atoms with van der Waals surface area (Å²) in [6.45, 7) is 3.16. The number of nitrogens with one attached hydrogen (secondary N) is 1. The van der Waals surface area contributed by atoms with Gasteiger partial charge in [0, 0.05) is 22.3 Å². The second-order valence-electron chi connectivity index (χ2n) is 5.29. The van der Waals surface area contributed by atoms with Crippen LogP contribution in [0.2, 0.25) is 0 Å². The van der Waals surface area contributed by atoms with Crippen molar-refractivity contribution in [2.45, 2.75) is 51.6 Å². The van der Waals surface area contributed by atoms with E-state index < -0.39 is 0 Å². The van der Waals surface area contributed by atoms with E-state index in [0.29, 0.717) is 12.5 Å². The van der Waals surface area contributed by atoms with Crippen LogP contribution in [-0.4, -0.2) is 19.1 Å². The van der Waals surface area contributed by atoms with Crippen molar-refractivity contribution in [3.05, 3.63) is 21.9 Å². The lowest BCUT2D eigenvalue weighted by molar-refractivity contribution is -0.139. The van der Waals surface area contributed by atoms with Gasteiger partial charge >= 0.3 is 5.97 Å². The number of carbonyl (C=O) groups excluding carboxylic acids is 1. The summed E-state index contributed by atoms with van der Waals surface area (Å²) >= 11 is 1.70. The number of carbonyl (C=O) groups is 1. The molecule has 0 aliphatic heterocycles. The fraction of sp³-hybridized carbons (Fsp3) is 0.667. The third-order valence-electron chi connectivity index (χ3n) is 3.64. The third-order valence-corrected chi connectivity index (χ3v) is 4.72. The van der Waals surface area contributed by atoms with E-state index in [2.05, 4.69) is 23.0 Å². The Bertz CT molecular complexity index is 412. The Hall–Kier alpha value is -0.870. The number of esters is 1. The SMILES string of the molecule is CCC(CC1CC1)NCc1ccc(CC(=O)OC)s1. The van der Waals surface area contributed by atoms with Gasteiger partial charge in [-0.15, -0.1) is 11.3 Å². The first-order valence-corrected chi connectivity index (χ1v) is 7.90. The Balaban J connectivity index is 1.76. The highest BCUT2D eigenvalue weighted by Gasteiger charge is 2.24. The van der Waals surface area contributed by atoms with E-state index in [1.165, 1.54) is 37.7 Å². The summed E-state index contributed by atoms with van der Waals surface area (Å²) in [6.07, 6.45) is 5.73. The Kier molecular flexibility index (Phi) is 5.40. The van der Waals surface area contributed by atoms with Crippen LogP contribution >= 0.6 is 11.3 Å². The van der Waals surface area contributed by atoms with E-state index in [1.807, 2.05) is 6.07 Å². The first-order valence-electron chi connectivity index (χ1n) is 7.09. The predicted molar refractivity (Wildman–Crippen MR) is 78.3 cm³/mol. The molecule has 1 aromatic heterocycles.